The number of hydrogen-bond acceptors (Lipinski definition) is 10. The Morgan fingerprint density at radius 1 is 1.31 bits per heavy atom. The van der Waals surface area contributed by atoms with E-state index >= 15 is 0 Å². The monoisotopic (exact) mass is 455 g/mol. The summed E-state index contributed by atoms with van der Waals surface area (Å²) >= 11 is 0. The maximum Gasteiger partial charge on any atom is 0.241 e. The van der Waals surface area contributed by atoms with Crippen LogP contribution in [0.25, 0.3) is 5.78 Å². The van der Waals surface area contributed by atoms with E-state index in [-0.39, 0.29) is 11.4 Å². The van der Waals surface area contributed by atoms with E-state index in [1.165, 1.54) is 6.26 Å². The lowest BCUT2D eigenvalue weighted by Crippen LogP contribution is -2.26. The second kappa shape index (κ2) is 8.60. The zero-order valence-electron chi connectivity index (χ0n) is 17.9. The van der Waals surface area contributed by atoms with Crippen molar-refractivity contribution in [1.29, 1.82) is 5.26 Å². The van der Waals surface area contributed by atoms with Gasteiger partial charge in [0.15, 0.2) is 15.5 Å². The van der Waals surface area contributed by atoms with Gasteiger partial charge in [0.25, 0.3) is 0 Å². The molecule has 0 radical (unpaired) electrons. The Hall–Kier alpha value is -3.43. The first-order valence-electron chi connectivity index (χ1n) is 10.2. The lowest BCUT2D eigenvalue weighted by molar-refractivity contribution is 0.601. The molecule has 1 aliphatic carbocycles. The Bertz CT molecular complexity index is 1290. The van der Waals surface area contributed by atoms with Gasteiger partial charge in [-0.05, 0) is 36.6 Å². The van der Waals surface area contributed by atoms with Crippen molar-refractivity contribution in [2.75, 3.05) is 41.9 Å². The quantitative estimate of drug-likeness (QED) is 0.429. The van der Waals surface area contributed by atoms with Gasteiger partial charge in [-0.2, -0.15) is 20.2 Å². The van der Waals surface area contributed by atoms with E-state index in [0.717, 1.165) is 18.5 Å². The molecule has 4 rings (SSSR count). The van der Waals surface area contributed by atoms with Gasteiger partial charge in [-0.15, -0.1) is 0 Å². The van der Waals surface area contributed by atoms with Crippen molar-refractivity contribution < 1.29 is 8.42 Å². The molecule has 0 spiro atoms. The first kappa shape index (κ1) is 21.8. The van der Waals surface area contributed by atoms with Gasteiger partial charge in [-0.3, -0.25) is 4.40 Å². The zero-order chi connectivity index (χ0) is 22.9. The van der Waals surface area contributed by atoms with Crippen LogP contribution in [-0.4, -0.2) is 60.2 Å². The minimum absolute atomic E-state index is 0.104. The van der Waals surface area contributed by atoms with Crippen LogP contribution in [0.1, 0.15) is 24.1 Å². The molecule has 2 aromatic heterocycles. The number of nitrogens with two attached hydrogens (primary N) is 1. The van der Waals surface area contributed by atoms with Crippen molar-refractivity contribution >= 4 is 38.9 Å². The number of hydrogen-bond donors (Lipinski definition) is 3. The number of nitriles is 1. The van der Waals surface area contributed by atoms with Crippen LogP contribution in [0.4, 0.5) is 23.3 Å². The number of anilines is 4. The smallest absolute Gasteiger partial charge is 0.241 e. The molecule has 0 bridgehead atoms. The summed E-state index contributed by atoms with van der Waals surface area (Å²) in [7, 11) is -1.38. The number of rotatable bonds is 9. The van der Waals surface area contributed by atoms with Crippen LogP contribution in [0.2, 0.25) is 0 Å². The Kier molecular flexibility index (Phi) is 5.86. The lowest BCUT2D eigenvalue weighted by atomic mass is 10.1. The van der Waals surface area contributed by atoms with Crippen LogP contribution < -0.4 is 21.3 Å². The van der Waals surface area contributed by atoms with Crippen LogP contribution >= 0.6 is 0 Å². The number of nitrogens with one attached hydrogen (secondary N) is 2. The maximum absolute atomic E-state index is 12.0. The maximum atomic E-state index is 12.0. The fraction of sp³-hybridized carbons (Fsp3) is 0.400. The van der Waals surface area contributed by atoms with Crippen LogP contribution in [-0.2, 0) is 15.6 Å². The van der Waals surface area contributed by atoms with Crippen LogP contribution in [0, 0.1) is 11.3 Å². The highest BCUT2D eigenvalue weighted by molar-refractivity contribution is 7.89. The van der Waals surface area contributed by atoms with Crippen molar-refractivity contribution in [1.82, 2.24) is 19.4 Å². The first-order chi connectivity index (χ1) is 15.3. The lowest BCUT2D eigenvalue weighted by Gasteiger charge is -2.22. The van der Waals surface area contributed by atoms with Crippen molar-refractivity contribution in [3.05, 3.63) is 35.7 Å². The normalized spacial score (nSPS) is 13.7. The Labute approximate surface area is 186 Å². The second-order valence-corrected chi connectivity index (χ2v) is 10.1. The van der Waals surface area contributed by atoms with Crippen molar-refractivity contribution in [2.24, 2.45) is 5.73 Å². The van der Waals surface area contributed by atoms with Crippen molar-refractivity contribution in [3.63, 3.8) is 0 Å². The number of fused-ring (bicyclic) bond motifs is 1. The second-order valence-electron chi connectivity index (χ2n) is 7.95. The van der Waals surface area contributed by atoms with Crippen molar-refractivity contribution in [3.8, 4) is 6.07 Å². The van der Waals surface area contributed by atoms with E-state index in [4.69, 9.17) is 5.73 Å². The van der Waals surface area contributed by atoms with Crippen LogP contribution in [0.3, 0.4) is 0 Å². The standard InChI is InChI=1S/C20H25N9O2S/c1-28(8-7-21)17-6-5-15(9-13(17)12-32(2,30)31)23-18-26-19(24-14-3-4-14)29-11-16(10-22)25-20(29)27-18/h5-6,9,11,14H,3-4,7-8,12,21H2,1-2H3,(H2,23,24,25,26,27). The summed E-state index contributed by atoms with van der Waals surface area (Å²) in [5.41, 5.74) is 8.00. The Morgan fingerprint density at radius 3 is 2.75 bits per heavy atom. The molecule has 3 aromatic rings. The van der Waals surface area contributed by atoms with E-state index in [0.29, 0.717) is 48.1 Å². The van der Waals surface area contributed by atoms with Gasteiger partial charge < -0.3 is 21.3 Å². The molecular formula is C20H25N9O2S. The molecule has 0 amide bonds. The van der Waals surface area contributed by atoms with Gasteiger partial charge >= 0.3 is 0 Å². The molecule has 1 aliphatic rings. The summed E-state index contributed by atoms with van der Waals surface area (Å²) in [6.45, 7) is 1.05. The van der Waals surface area contributed by atoms with Crippen molar-refractivity contribution in [2.45, 2.75) is 24.6 Å². The predicted octanol–water partition coefficient (Wildman–Crippen LogP) is 1.25. The third kappa shape index (κ3) is 5.06. The number of sulfone groups is 1. The molecule has 168 valence electrons. The van der Waals surface area contributed by atoms with Gasteiger partial charge in [-0.1, -0.05) is 0 Å². The fourth-order valence-corrected chi connectivity index (χ4v) is 4.17. The summed E-state index contributed by atoms with van der Waals surface area (Å²) < 4.78 is 25.7. The third-order valence-electron chi connectivity index (χ3n) is 4.99. The van der Waals surface area contributed by atoms with E-state index in [2.05, 4.69) is 25.6 Å². The third-order valence-corrected chi connectivity index (χ3v) is 5.82. The number of likely N-dealkylation sites (N-methyl/N-ethyl adjacent to an activating group) is 1. The number of aromatic nitrogens is 4. The van der Waals surface area contributed by atoms with Crippen LogP contribution in [0.15, 0.2) is 24.4 Å². The van der Waals surface area contributed by atoms with Crippen LogP contribution in [0.5, 0.6) is 0 Å². The molecule has 11 nitrogen and oxygen atoms in total. The summed E-state index contributed by atoms with van der Waals surface area (Å²) in [6.07, 6.45) is 4.91. The van der Waals surface area contributed by atoms with Gasteiger partial charge in [0.2, 0.25) is 17.7 Å². The highest BCUT2D eigenvalue weighted by Gasteiger charge is 2.23. The largest absolute Gasteiger partial charge is 0.373 e. The van der Waals surface area contributed by atoms with Gasteiger partial charge in [-0.25, -0.2) is 8.42 Å². The molecule has 1 fully saturated rings. The fourth-order valence-electron chi connectivity index (χ4n) is 3.38. The van der Waals surface area contributed by atoms with E-state index in [1.807, 2.05) is 30.1 Å². The Balaban J connectivity index is 1.69. The molecule has 0 aliphatic heterocycles. The summed E-state index contributed by atoms with van der Waals surface area (Å²) in [4.78, 5) is 15.1. The van der Waals surface area contributed by atoms with Gasteiger partial charge in [0.1, 0.15) is 6.07 Å². The molecule has 0 atom stereocenters. The highest BCUT2D eigenvalue weighted by atomic mass is 32.2. The summed E-state index contributed by atoms with van der Waals surface area (Å²) in [5.74, 6) is 1.08. The topological polar surface area (TPSA) is 154 Å². The predicted molar refractivity (Wildman–Crippen MR) is 123 cm³/mol. The SMILES string of the molecule is CN(CCN)c1ccc(Nc2nc(NC3CC3)n3cc(C#N)nc3n2)cc1CS(C)(=O)=O. The van der Waals surface area contributed by atoms with E-state index < -0.39 is 9.84 Å². The zero-order valence-corrected chi connectivity index (χ0v) is 18.7. The molecule has 2 heterocycles. The molecule has 1 saturated carbocycles. The van der Waals surface area contributed by atoms with Gasteiger partial charge in [0, 0.05) is 43.8 Å². The minimum Gasteiger partial charge on any atom is -0.373 e. The minimum atomic E-state index is -3.25. The molecule has 12 heteroatoms. The van der Waals surface area contributed by atoms with Gasteiger partial charge in [0.05, 0.1) is 11.9 Å². The molecular weight excluding hydrogens is 430 g/mol. The van der Waals surface area contributed by atoms with E-state index in [9.17, 15) is 13.7 Å². The molecule has 1 aromatic carbocycles. The molecule has 0 unspecified atom stereocenters. The summed E-state index contributed by atoms with van der Waals surface area (Å²) in [5, 5.41) is 15.7. The molecule has 32 heavy (non-hydrogen) atoms. The van der Waals surface area contributed by atoms with E-state index in [1.54, 1.807) is 16.7 Å². The Morgan fingerprint density at radius 2 is 2.09 bits per heavy atom. The molecule has 0 saturated heterocycles. The first-order valence-corrected chi connectivity index (χ1v) is 12.2. The number of benzene rings is 1. The molecule has 4 N–H and O–H groups in total. The number of nitrogens with zero attached hydrogens (tertiary/aromatic N) is 6. The number of imidazole rings is 1. The average Bonchev–Trinajstić information content (AvgIpc) is 3.42. The summed E-state index contributed by atoms with van der Waals surface area (Å²) in [6, 6.07) is 7.82. The average molecular weight is 456 g/mol. The highest BCUT2D eigenvalue weighted by Crippen LogP contribution is 2.28.